The molecule has 0 atom stereocenters. The fourth-order valence-electron chi connectivity index (χ4n) is 0.961. The number of aliphatic hydroxyl groups excluding tert-OH is 1. The van der Waals surface area contributed by atoms with Crippen LogP contribution in [0.4, 0.5) is 4.39 Å². The Kier molecular flexibility index (Phi) is 3.41. The summed E-state index contributed by atoms with van der Waals surface area (Å²) in [6.45, 7) is -0.648. The molecule has 0 aliphatic rings. The molecule has 1 aromatic rings. The van der Waals surface area contributed by atoms with Crippen molar-refractivity contribution in [3.63, 3.8) is 0 Å². The van der Waals surface area contributed by atoms with E-state index in [4.69, 9.17) is 15.6 Å². The smallest absolute Gasteiger partial charge is 0.255 e. The number of primary amides is 1. The van der Waals surface area contributed by atoms with Gasteiger partial charge in [0.05, 0.1) is 6.61 Å². The molecule has 0 unspecified atom stereocenters. The summed E-state index contributed by atoms with van der Waals surface area (Å²) in [5.41, 5.74) is 5.14. The molecular weight excluding hydrogens is 189 g/mol. The van der Waals surface area contributed by atoms with E-state index in [0.29, 0.717) is 0 Å². The second-order valence-electron chi connectivity index (χ2n) is 2.67. The molecule has 0 saturated carbocycles. The van der Waals surface area contributed by atoms with Crippen LogP contribution in [0.3, 0.4) is 0 Å². The van der Waals surface area contributed by atoms with Crippen molar-refractivity contribution >= 4 is 5.91 Å². The first-order chi connectivity index (χ1) is 6.63. The number of amides is 1. The second-order valence-corrected chi connectivity index (χ2v) is 2.67. The average Bonchev–Trinajstić information content (AvgIpc) is 2.15. The molecule has 3 N–H and O–H groups in total. The first kappa shape index (κ1) is 10.5. The van der Waals surface area contributed by atoms with E-state index in [0.717, 1.165) is 6.07 Å². The number of rotatable bonds is 4. The van der Waals surface area contributed by atoms with Gasteiger partial charge >= 0.3 is 0 Å². The summed E-state index contributed by atoms with van der Waals surface area (Å²) in [5.74, 6) is -0.841. The third kappa shape index (κ3) is 2.70. The predicted octanol–water partition coefficient (Wildman–Crippen LogP) is 0.182. The van der Waals surface area contributed by atoms with E-state index in [2.05, 4.69) is 0 Å². The first-order valence-electron chi connectivity index (χ1n) is 3.94. The fourth-order valence-corrected chi connectivity index (χ4v) is 0.961. The predicted molar refractivity (Wildman–Crippen MR) is 47.0 cm³/mol. The highest BCUT2D eigenvalue weighted by molar-refractivity contribution is 5.75. The Balaban J connectivity index is 2.80. The lowest BCUT2D eigenvalue weighted by Crippen LogP contribution is -2.20. The third-order valence-corrected chi connectivity index (χ3v) is 1.56. The Morgan fingerprint density at radius 3 is 2.86 bits per heavy atom. The lowest BCUT2D eigenvalue weighted by Gasteiger charge is -2.07. The molecule has 0 aliphatic carbocycles. The molecule has 0 aliphatic heterocycles. The lowest BCUT2D eigenvalue weighted by atomic mass is 10.2. The molecule has 0 aromatic heterocycles. The molecule has 0 fully saturated rings. The van der Waals surface area contributed by atoms with Crippen molar-refractivity contribution in [2.75, 3.05) is 6.61 Å². The van der Waals surface area contributed by atoms with Crippen LogP contribution in [0.25, 0.3) is 0 Å². The lowest BCUT2D eigenvalue weighted by molar-refractivity contribution is -0.119. The highest BCUT2D eigenvalue weighted by atomic mass is 19.1. The monoisotopic (exact) mass is 199 g/mol. The number of nitrogens with two attached hydrogens (primary N) is 1. The third-order valence-electron chi connectivity index (χ3n) is 1.56. The molecule has 1 rings (SSSR count). The van der Waals surface area contributed by atoms with Gasteiger partial charge in [0, 0.05) is 5.56 Å². The van der Waals surface area contributed by atoms with E-state index < -0.39 is 11.7 Å². The van der Waals surface area contributed by atoms with E-state index >= 15 is 0 Å². The molecule has 14 heavy (non-hydrogen) atoms. The summed E-state index contributed by atoms with van der Waals surface area (Å²) >= 11 is 0. The first-order valence-corrected chi connectivity index (χ1v) is 3.94. The maximum absolute atomic E-state index is 12.7. The van der Waals surface area contributed by atoms with Crippen LogP contribution >= 0.6 is 0 Å². The van der Waals surface area contributed by atoms with Gasteiger partial charge in [-0.3, -0.25) is 4.79 Å². The molecule has 1 amide bonds. The molecule has 5 heteroatoms. The Morgan fingerprint density at radius 2 is 2.29 bits per heavy atom. The number of hydrogen-bond acceptors (Lipinski definition) is 3. The number of aliphatic hydroxyl groups is 1. The van der Waals surface area contributed by atoms with Gasteiger partial charge in [0.2, 0.25) is 0 Å². The SMILES string of the molecule is NC(=O)COc1ccc(F)cc1CO. The maximum Gasteiger partial charge on any atom is 0.255 e. The molecular formula is C9H10FNO3. The van der Waals surface area contributed by atoms with Crippen LogP contribution in [-0.2, 0) is 11.4 Å². The Labute approximate surface area is 80.1 Å². The Hall–Kier alpha value is -1.62. The largest absolute Gasteiger partial charge is 0.483 e. The Bertz CT molecular complexity index is 341. The minimum Gasteiger partial charge on any atom is -0.483 e. The summed E-state index contributed by atoms with van der Waals surface area (Å²) in [4.78, 5) is 10.4. The van der Waals surface area contributed by atoms with Gasteiger partial charge in [0.25, 0.3) is 5.91 Å². The van der Waals surface area contributed by atoms with Gasteiger partial charge < -0.3 is 15.6 Å². The molecule has 0 bridgehead atoms. The average molecular weight is 199 g/mol. The quantitative estimate of drug-likeness (QED) is 0.726. The Morgan fingerprint density at radius 1 is 1.57 bits per heavy atom. The zero-order chi connectivity index (χ0) is 10.6. The van der Waals surface area contributed by atoms with E-state index in [1.54, 1.807) is 0 Å². The zero-order valence-corrected chi connectivity index (χ0v) is 7.37. The van der Waals surface area contributed by atoms with Crippen molar-refractivity contribution in [1.82, 2.24) is 0 Å². The van der Waals surface area contributed by atoms with Crippen LogP contribution in [0.5, 0.6) is 5.75 Å². The number of ether oxygens (including phenoxy) is 1. The van der Waals surface area contributed by atoms with E-state index in [1.165, 1.54) is 12.1 Å². The van der Waals surface area contributed by atoms with Crippen LogP contribution in [0.15, 0.2) is 18.2 Å². The maximum atomic E-state index is 12.7. The van der Waals surface area contributed by atoms with Crippen molar-refractivity contribution in [3.05, 3.63) is 29.6 Å². The number of halogens is 1. The van der Waals surface area contributed by atoms with Crippen molar-refractivity contribution in [2.24, 2.45) is 5.73 Å². The normalized spacial score (nSPS) is 9.86. The molecule has 0 radical (unpaired) electrons. The van der Waals surface area contributed by atoms with Gasteiger partial charge in [-0.05, 0) is 18.2 Å². The van der Waals surface area contributed by atoms with Crippen molar-refractivity contribution < 1.29 is 19.0 Å². The molecule has 76 valence electrons. The number of carbonyl (C=O) groups is 1. The number of hydrogen-bond donors (Lipinski definition) is 2. The second kappa shape index (κ2) is 4.57. The number of carbonyl (C=O) groups excluding carboxylic acids is 1. The molecule has 0 heterocycles. The van der Waals surface area contributed by atoms with Gasteiger partial charge in [-0.15, -0.1) is 0 Å². The summed E-state index contributed by atoms with van der Waals surface area (Å²) in [6, 6.07) is 3.65. The van der Waals surface area contributed by atoms with Gasteiger partial charge in [0.15, 0.2) is 6.61 Å². The minimum atomic E-state index is -0.627. The molecule has 4 nitrogen and oxygen atoms in total. The summed E-state index contributed by atoms with van der Waals surface area (Å²) in [7, 11) is 0. The summed E-state index contributed by atoms with van der Waals surface area (Å²) in [6.07, 6.45) is 0. The van der Waals surface area contributed by atoms with Crippen LogP contribution < -0.4 is 10.5 Å². The van der Waals surface area contributed by atoms with Gasteiger partial charge in [0.1, 0.15) is 11.6 Å². The van der Waals surface area contributed by atoms with Gasteiger partial charge in [-0.25, -0.2) is 4.39 Å². The van der Waals surface area contributed by atoms with Crippen molar-refractivity contribution in [1.29, 1.82) is 0 Å². The van der Waals surface area contributed by atoms with Crippen LogP contribution in [-0.4, -0.2) is 17.6 Å². The highest BCUT2D eigenvalue weighted by Gasteiger charge is 2.05. The molecule has 1 aromatic carbocycles. The zero-order valence-electron chi connectivity index (χ0n) is 7.37. The van der Waals surface area contributed by atoms with E-state index in [1.807, 2.05) is 0 Å². The summed E-state index contributed by atoms with van der Waals surface area (Å²) < 4.78 is 17.6. The van der Waals surface area contributed by atoms with Crippen LogP contribution in [0.2, 0.25) is 0 Å². The highest BCUT2D eigenvalue weighted by Crippen LogP contribution is 2.19. The minimum absolute atomic E-state index is 0.257. The van der Waals surface area contributed by atoms with Crippen molar-refractivity contribution in [2.45, 2.75) is 6.61 Å². The summed E-state index contributed by atoms with van der Waals surface area (Å²) in [5, 5.41) is 8.85. The van der Waals surface area contributed by atoms with E-state index in [-0.39, 0.29) is 24.5 Å². The standard InChI is InChI=1S/C9H10FNO3/c10-7-1-2-8(6(3-7)4-12)14-5-9(11)13/h1-3,12H,4-5H2,(H2,11,13). The van der Waals surface area contributed by atoms with Crippen LogP contribution in [0, 0.1) is 5.82 Å². The van der Waals surface area contributed by atoms with Gasteiger partial charge in [-0.1, -0.05) is 0 Å². The topological polar surface area (TPSA) is 72.6 Å². The molecule has 0 saturated heterocycles. The van der Waals surface area contributed by atoms with Crippen molar-refractivity contribution in [3.8, 4) is 5.75 Å². The van der Waals surface area contributed by atoms with Crippen LogP contribution in [0.1, 0.15) is 5.56 Å². The fraction of sp³-hybridized carbons (Fsp3) is 0.222. The van der Waals surface area contributed by atoms with E-state index in [9.17, 15) is 9.18 Å². The number of benzene rings is 1. The van der Waals surface area contributed by atoms with Gasteiger partial charge in [-0.2, -0.15) is 0 Å². The molecule has 0 spiro atoms.